The number of amides is 1. The number of carbonyl (C=O) groups is 2. The maximum absolute atomic E-state index is 13.7. The molecule has 7 heteroatoms. The van der Waals surface area contributed by atoms with Crippen molar-refractivity contribution in [3.8, 4) is 5.75 Å². The van der Waals surface area contributed by atoms with E-state index in [2.05, 4.69) is 5.32 Å². The van der Waals surface area contributed by atoms with Gasteiger partial charge in [0.05, 0.1) is 19.1 Å². The summed E-state index contributed by atoms with van der Waals surface area (Å²) in [5.74, 6) is -1.20. The molecule has 1 saturated carbocycles. The van der Waals surface area contributed by atoms with Gasteiger partial charge in [-0.05, 0) is 17.7 Å². The monoisotopic (exact) mass is 397 g/mol. The fourth-order valence-electron chi connectivity index (χ4n) is 4.59. The molecule has 1 aliphatic carbocycles. The third kappa shape index (κ3) is 2.97. The van der Waals surface area contributed by atoms with Crippen molar-refractivity contribution < 1.29 is 28.6 Å². The molecule has 0 radical (unpaired) electrons. The van der Waals surface area contributed by atoms with E-state index in [-0.39, 0.29) is 28.8 Å². The van der Waals surface area contributed by atoms with Crippen LogP contribution < -0.4 is 10.1 Å². The first-order valence-electron chi connectivity index (χ1n) is 9.66. The molecule has 3 aliphatic rings. The van der Waals surface area contributed by atoms with E-state index in [0.29, 0.717) is 30.6 Å². The zero-order chi connectivity index (χ0) is 20.1. The molecule has 29 heavy (non-hydrogen) atoms. The number of hydrogen-bond acceptors (Lipinski definition) is 4. The predicted octanol–water partition coefficient (Wildman–Crippen LogP) is 2.62. The molecule has 1 amide bonds. The summed E-state index contributed by atoms with van der Waals surface area (Å²) in [6.07, 6.45) is -0.830. The lowest BCUT2D eigenvalue weighted by Crippen LogP contribution is -2.30. The number of benzene rings is 2. The van der Waals surface area contributed by atoms with Crippen LogP contribution in [0.3, 0.4) is 0 Å². The van der Waals surface area contributed by atoms with Gasteiger partial charge in [-0.25, -0.2) is 9.18 Å². The number of halogens is 1. The van der Waals surface area contributed by atoms with E-state index in [1.54, 1.807) is 6.07 Å². The molecule has 2 aromatic rings. The summed E-state index contributed by atoms with van der Waals surface area (Å²) >= 11 is 0. The minimum atomic E-state index is -1.21. The zero-order valence-corrected chi connectivity index (χ0v) is 15.5. The third-order valence-corrected chi connectivity index (χ3v) is 6.15. The normalized spacial score (nSPS) is 28.9. The molecule has 5 atom stereocenters. The maximum atomic E-state index is 13.7. The van der Waals surface area contributed by atoms with Crippen LogP contribution in [0.1, 0.15) is 37.8 Å². The Labute approximate surface area is 166 Å². The van der Waals surface area contributed by atoms with Gasteiger partial charge in [-0.2, -0.15) is 0 Å². The molecule has 2 aliphatic heterocycles. The molecular formula is C22H20FNO5. The van der Waals surface area contributed by atoms with Gasteiger partial charge in [0, 0.05) is 29.0 Å². The van der Waals surface area contributed by atoms with E-state index in [0.717, 1.165) is 5.56 Å². The molecule has 2 fully saturated rings. The van der Waals surface area contributed by atoms with Crippen molar-refractivity contribution in [3.05, 3.63) is 64.7 Å². The van der Waals surface area contributed by atoms with Gasteiger partial charge in [0.15, 0.2) is 0 Å². The average Bonchev–Trinajstić information content (AvgIpc) is 3.10. The lowest BCUT2D eigenvalue weighted by Gasteiger charge is -2.16. The zero-order valence-electron chi connectivity index (χ0n) is 15.5. The summed E-state index contributed by atoms with van der Waals surface area (Å²) in [5.41, 5.74) is 1.47. The third-order valence-electron chi connectivity index (χ3n) is 6.15. The fraction of sp³-hybridized carbons (Fsp3) is 0.364. The molecule has 0 spiro atoms. The van der Waals surface area contributed by atoms with Crippen molar-refractivity contribution in [1.82, 2.24) is 5.32 Å². The molecule has 5 rings (SSSR count). The first-order chi connectivity index (χ1) is 14.1. The first kappa shape index (κ1) is 18.1. The second kappa shape index (κ2) is 6.84. The molecule has 0 aromatic heterocycles. The Bertz CT molecular complexity index is 969. The van der Waals surface area contributed by atoms with E-state index in [1.165, 1.54) is 6.07 Å². The average molecular weight is 397 g/mol. The number of carboxylic acid groups (broad SMARTS) is 1. The van der Waals surface area contributed by atoms with Crippen molar-refractivity contribution in [2.75, 3.05) is 19.9 Å². The molecule has 4 unspecified atom stereocenters. The molecule has 2 N–H and O–H groups in total. The van der Waals surface area contributed by atoms with E-state index >= 15 is 0 Å². The summed E-state index contributed by atoms with van der Waals surface area (Å²) in [5, 5.41) is 12.7. The van der Waals surface area contributed by atoms with Gasteiger partial charge in [-0.1, -0.05) is 30.3 Å². The Hall–Kier alpha value is -2.93. The largest absolute Gasteiger partial charge is 0.485 e. The van der Waals surface area contributed by atoms with Gasteiger partial charge in [-0.3, -0.25) is 4.79 Å². The molecule has 1 saturated heterocycles. The summed E-state index contributed by atoms with van der Waals surface area (Å²) in [6.45, 7) is 0.519. The number of aromatic carboxylic acids is 1. The molecular weight excluding hydrogens is 377 g/mol. The fourth-order valence-corrected chi connectivity index (χ4v) is 4.59. The van der Waals surface area contributed by atoms with Gasteiger partial charge in [0.25, 0.3) is 5.91 Å². The highest BCUT2D eigenvalue weighted by molar-refractivity contribution is 6.00. The number of nitrogens with one attached hydrogen (secondary N) is 1. The number of hydrogen-bond donors (Lipinski definition) is 2. The second-order valence-corrected chi connectivity index (χ2v) is 7.81. The van der Waals surface area contributed by atoms with Gasteiger partial charge in [0.1, 0.15) is 24.1 Å². The Morgan fingerprint density at radius 2 is 1.86 bits per heavy atom. The summed E-state index contributed by atoms with van der Waals surface area (Å²) in [4.78, 5) is 24.7. The minimum Gasteiger partial charge on any atom is -0.485 e. The topological polar surface area (TPSA) is 84.9 Å². The number of fused-ring (bicyclic) bond motifs is 2. The van der Waals surface area contributed by atoms with Crippen molar-refractivity contribution in [1.29, 1.82) is 0 Å². The molecule has 6 nitrogen and oxygen atoms in total. The quantitative estimate of drug-likeness (QED) is 0.810. The van der Waals surface area contributed by atoms with Crippen molar-refractivity contribution >= 4 is 11.9 Å². The number of ether oxygens (including phenoxy) is 2. The standard InChI is InChI=1S/C22H20FNO5/c23-8-17-18(11-4-2-1-3-5-11)13-6-12(7-14(22(26)27)20(13)29-17)21(25)24-19-15-9-28-10-16(15)19/h1-7,15-19H,8-10H2,(H,24,25)(H,26,27)/t15-,16?,17?,18?,19?/m0/s1. The highest BCUT2D eigenvalue weighted by Crippen LogP contribution is 2.46. The number of carboxylic acids is 1. The van der Waals surface area contributed by atoms with Gasteiger partial charge < -0.3 is 19.9 Å². The van der Waals surface area contributed by atoms with E-state index in [1.807, 2.05) is 30.3 Å². The Kier molecular flexibility index (Phi) is 4.28. The van der Waals surface area contributed by atoms with Crippen LogP contribution in [-0.2, 0) is 4.74 Å². The van der Waals surface area contributed by atoms with Gasteiger partial charge >= 0.3 is 5.97 Å². The molecule has 2 heterocycles. The molecule has 2 aromatic carbocycles. The second-order valence-electron chi connectivity index (χ2n) is 7.81. The maximum Gasteiger partial charge on any atom is 0.339 e. The van der Waals surface area contributed by atoms with Crippen molar-refractivity contribution in [3.63, 3.8) is 0 Å². The minimum absolute atomic E-state index is 0.0672. The van der Waals surface area contributed by atoms with E-state index in [9.17, 15) is 19.1 Å². The molecule has 0 bridgehead atoms. The number of rotatable bonds is 5. The summed E-state index contributed by atoms with van der Waals surface area (Å²) < 4.78 is 24.8. The lowest BCUT2D eigenvalue weighted by atomic mass is 9.87. The van der Waals surface area contributed by atoms with Crippen LogP contribution >= 0.6 is 0 Å². The van der Waals surface area contributed by atoms with Crippen molar-refractivity contribution in [2.45, 2.75) is 18.1 Å². The van der Waals surface area contributed by atoms with E-state index in [4.69, 9.17) is 9.47 Å². The first-order valence-corrected chi connectivity index (χ1v) is 9.66. The van der Waals surface area contributed by atoms with Crippen LogP contribution in [-0.4, -0.2) is 49.0 Å². The number of alkyl halides is 1. The van der Waals surface area contributed by atoms with Crippen LogP contribution in [0, 0.1) is 11.8 Å². The SMILES string of the molecule is O=C(NC1C2COC[C@@H]21)c1cc(C(=O)O)c2c(c1)C(c1ccccc1)C(CF)O2. The highest BCUT2D eigenvalue weighted by atomic mass is 19.1. The Morgan fingerprint density at radius 3 is 2.52 bits per heavy atom. The van der Waals surface area contributed by atoms with Crippen LogP contribution in [0.4, 0.5) is 4.39 Å². The predicted molar refractivity (Wildman–Crippen MR) is 101 cm³/mol. The van der Waals surface area contributed by atoms with Gasteiger partial charge in [0.2, 0.25) is 0 Å². The lowest BCUT2D eigenvalue weighted by molar-refractivity contribution is 0.0689. The highest BCUT2D eigenvalue weighted by Gasteiger charge is 2.54. The van der Waals surface area contributed by atoms with E-state index < -0.39 is 24.7 Å². The Balaban J connectivity index is 1.53. The van der Waals surface area contributed by atoms with Crippen LogP contribution in [0.5, 0.6) is 5.75 Å². The van der Waals surface area contributed by atoms with Crippen LogP contribution in [0.15, 0.2) is 42.5 Å². The van der Waals surface area contributed by atoms with Crippen LogP contribution in [0.25, 0.3) is 0 Å². The summed E-state index contributed by atoms with van der Waals surface area (Å²) in [6, 6.07) is 12.3. The molecule has 150 valence electrons. The smallest absolute Gasteiger partial charge is 0.339 e. The summed E-state index contributed by atoms with van der Waals surface area (Å²) in [7, 11) is 0. The Morgan fingerprint density at radius 1 is 1.14 bits per heavy atom. The van der Waals surface area contributed by atoms with Crippen molar-refractivity contribution in [2.24, 2.45) is 11.8 Å². The number of carbonyl (C=O) groups excluding carboxylic acids is 1. The van der Waals surface area contributed by atoms with Gasteiger partial charge in [-0.15, -0.1) is 0 Å². The van der Waals surface area contributed by atoms with Crippen LogP contribution in [0.2, 0.25) is 0 Å².